The van der Waals surface area contributed by atoms with Crippen molar-refractivity contribution < 1.29 is 5.11 Å². The molecule has 0 aliphatic heterocycles. The van der Waals surface area contributed by atoms with Gasteiger partial charge >= 0.3 is 0 Å². The number of thiol groups is 1. The molecule has 0 saturated carbocycles. The first-order valence-corrected chi connectivity index (χ1v) is 4.97. The Morgan fingerprint density at radius 2 is 2.08 bits per heavy atom. The maximum atomic E-state index is 9.15. The topological polar surface area (TPSA) is 46.0 Å². The molecule has 0 radical (unpaired) electrons. The van der Waals surface area contributed by atoms with Crippen molar-refractivity contribution in [2.24, 2.45) is 0 Å². The van der Waals surface area contributed by atoms with Gasteiger partial charge in [-0.05, 0) is 31.1 Å². The normalized spacial score (nSPS) is 12.8. The van der Waals surface area contributed by atoms with Crippen molar-refractivity contribution in [2.75, 3.05) is 5.75 Å². The van der Waals surface area contributed by atoms with Crippen LogP contribution in [0.3, 0.4) is 0 Å². The van der Waals surface area contributed by atoms with Gasteiger partial charge in [0.05, 0.1) is 0 Å². The molecule has 1 rings (SSSR count). The van der Waals surface area contributed by atoms with Crippen molar-refractivity contribution in [1.29, 1.82) is 0 Å². The Kier molecular flexibility index (Phi) is 4.18. The van der Waals surface area contributed by atoms with E-state index in [2.05, 4.69) is 22.6 Å². The minimum absolute atomic E-state index is 0.481. The van der Waals surface area contributed by atoms with Crippen molar-refractivity contribution in [2.45, 2.75) is 25.9 Å². The molecule has 13 heavy (non-hydrogen) atoms. The molecular formula is C9H14N2OS. The predicted octanol–water partition coefficient (Wildman–Crippen LogP) is 1.39. The SMILES string of the molecule is CC(O)c1ncc(CCCS)cn1. The Labute approximate surface area is 83.6 Å². The van der Waals surface area contributed by atoms with Crippen LogP contribution in [0.25, 0.3) is 0 Å². The Balaban J connectivity index is 2.59. The quantitative estimate of drug-likeness (QED) is 0.719. The Hall–Kier alpha value is -0.610. The Bertz CT molecular complexity index is 248. The maximum absolute atomic E-state index is 9.15. The number of hydrogen-bond acceptors (Lipinski definition) is 4. The van der Waals surface area contributed by atoms with E-state index in [1.54, 1.807) is 19.3 Å². The lowest BCUT2D eigenvalue weighted by atomic mass is 10.2. The number of nitrogens with zero attached hydrogens (tertiary/aromatic N) is 2. The molecule has 0 aliphatic rings. The molecule has 1 aromatic heterocycles. The van der Waals surface area contributed by atoms with Gasteiger partial charge in [-0.15, -0.1) is 0 Å². The highest BCUT2D eigenvalue weighted by molar-refractivity contribution is 7.80. The van der Waals surface area contributed by atoms with Gasteiger partial charge < -0.3 is 5.11 Å². The fourth-order valence-corrected chi connectivity index (χ4v) is 1.15. The molecule has 1 atom stereocenters. The van der Waals surface area contributed by atoms with Crippen LogP contribution in [0.2, 0.25) is 0 Å². The molecule has 1 N–H and O–H groups in total. The van der Waals surface area contributed by atoms with E-state index >= 15 is 0 Å². The molecule has 72 valence electrons. The van der Waals surface area contributed by atoms with E-state index in [-0.39, 0.29) is 0 Å². The zero-order chi connectivity index (χ0) is 9.68. The second-order valence-corrected chi connectivity index (χ2v) is 3.40. The summed E-state index contributed by atoms with van der Waals surface area (Å²) < 4.78 is 0. The third-order valence-electron chi connectivity index (χ3n) is 1.72. The van der Waals surface area contributed by atoms with E-state index in [1.165, 1.54) is 0 Å². The first-order valence-electron chi connectivity index (χ1n) is 4.33. The van der Waals surface area contributed by atoms with Crippen LogP contribution in [-0.2, 0) is 6.42 Å². The summed E-state index contributed by atoms with van der Waals surface area (Å²) in [5.74, 6) is 1.35. The lowest BCUT2D eigenvalue weighted by molar-refractivity contribution is 0.188. The molecule has 0 aliphatic carbocycles. The largest absolute Gasteiger partial charge is 0.385 e. The summed E-state index contributed by atoms with van der Waals surface area (Å²) in [5, 5.41) is 9.15. The molecule has 0 bridgehead atoms. The fraction of sp³-hybridized carbons (Fsp3) is 0.556. The molecular weight excluding hydrogens is 184 g/mol. The van der Waals surface area contributed by atoms with Gasteiger partial charge in [0, 0.05) is 12.4 Å². The lowest BCUT2D eigenvalue weighted by Crippen LogP contribution is -2.00. The molecule has 0 aromatic carbocycles. The van der Waals surface area contributed by atoms with Crippen LogP contribution in [0.1, 0.15) is 30.8 Å². The van der Waals surface area contributed by atoms with Gasteiger partial charge in [-0.3, -0.25) is 0 Å². The van der Waals surface area contributed by atoms with Crippen molar-refractivity contribution in [3.8, 4) is 0 Å². The highest BCUT2D eigenvalue weighted by Crippen LogP contribution is 2.06. The molecule has 0 spiro atoms. The molecule has 3 nitrogen and oxygen atoms in total. The van der Waals surface area contributed by atoms with Crippen LogP contribution in [-0.4, -0.2) is 20.8 Å². The van der Waals surface area contributed by atoms with Crippen LogP contribution in [0, 0.1) is 0 Å². The minimum atomic E-state index is -0.584. The zero-order valence-electron chi connectivity index (χ0n) is 7.64. The van der Waals surface area contributed by atoms with Crippen molar-refractivity contribution in [3.05, 3.63) is 23.8 Å². The molecule has 0 amide bonds. The van der Waals surface area contributed by atoms with Crippen molar-refractivity contribution in [3.63, 3.8) is 0 Å². The molecule has 1 heterocycles. The summed E-state index contributed by atoms with van der Waals surface area (Å²) in [5.41, 5.74) is 1.10. The monoisotopic (exact) mass is 198 g/mol. The Morgan fingerprint density at radius 1 is 1.46 bits per heavy atom. The van der Waals surface area contributed by atoms with Gasteiger partial charge in [0.1, 0.15) is 6.10 Å². The summed E-state index contributed by atoms with van der Waals surface area (Å²) in [6.07, 6.45) is 4.92. The van der Waals surface area contributed by atoms with Crippen LogP contribution in [0.5, 0.6) is 0 Å². The van der Waals surface area contributed by atoms with Gasteiger partial charge in [0.2, 0.25) is 0 Å². The molecule has 1 unspecified atom stereocenters. The van der Waals surface area contributed by atoms with E-state index in [9.17, 15) is 0 Å². The Morgan fingerprint density at radius 3 is 2.54 bits per heavy atom. The van der Waals surface area contributed by atoms with Gasteiger partial charge in [0.25, 0.3) is 0 Å². The van der Waals surface area contributed by atoms with Crippen LogP contribution < -0.4 is 0 Å². The first-order chi connectivity index (χ1) is 6.24. The number of hydrogen-bond donors (Lipinski definition) is 2. The number of aryl methyl sites for hydroxylation is 1. The molecule has 4 heteroatoms. The fourth-order valence-electron chi connectivity index (χ4n) is 0.993. The number of aliphatic hydroxyl groups is 1. The van der Waals surface area contributed by atoms with E-state index in [4.69, 9.17) is 5.11 Å². The highest BCUT2D eigenvalue weighted by Gasteiger charge is 2.02. The third-order valence-corrected chi connectivity index (χ3v) is 2.04. The molecule has 0 fully saturated rings. The van der Waals surface area contributed by atoms with Crippen LogP contribution in [0.15, 0.2) is 12.4 Å². The summed E-state index contributed by atoms with van der Waals surface area (Å²) in [4.78, 5) is 8.09. The van der Waals surface area contributed by atoms with Crippen LogP contribution in [0.4, 0.5) is 0 Å². The predicted molar refractivity (Wildman–Crippen MR) is 54.8 cm³/mol. The molecule has 0 saturated heterocycles. The summed E-state index contributed by atoms with van der Waals surface area (Å²) in [7, 11) is 0. The maximum Gasteiger partial charge on any atom is 0.156 e. The van der Waals surface area contributed by atoms with Gasteiger partial charge in [0.15, 0.2) is 5.82 Å². The van der Waals surface area contributed by atoms with Gasteiger partial charge in [-0.2, -0.15) is 12.6 Å². The smallest absolute Gasteiger partial charge is 0.156 e. The summed E-state index contributed by atoms with van der Waals surface area (Å²) >= 11 is 4.12. The second-order valence-electron chi connectivity index (χ2n) is 2.95. The summed E-state index contributed by atoms with van der Waals surface area (Å²) in [6, 6.07) is 0. The number of aromatic nitrogens is 2. The minimum Gasteiger partial charge on any atom is -0.385 e. The van der Waals surface area contributed by atoms with Crippen molar-refractivity contribution >= 4 is 12.6 Å². The van der Waals surface area contributed by atoms with Gasteiger partial charge in [-0.25, -0.2) is 9.97 Å². The lowest BCUT2D eigenvalue weighted by Gasteiger charge is -2.03. The van der Waals surface area contributed by atoms with E-state index < -0.39 is 6.10 Å². The van der Waals surface area contributed by atoms with Gasteiger partial charge in [-0.1, -0.05) is 0 Å². The summed E-state index contributed by atoms with van der Waals surface area (Å²) in [6.45, 7) is 1.66. The highest BCUT2D eigenvalue weighted by atomic mass is 32.1. The second kappa shape index (κ2) is 5.19. The van der Waals surface area contributed by atoms with E-state index in [0.717, 1.165) is 24.2 Å². The third kappa shape index (κ3) is 3.32. The first kappa shape index (κ1) is 10.5. The van der Waals surface area contributed by atoms with E-state index in [0.29, 0.717) is 5.82 Å². The zero-order valence-corrected chi connectivity index (χ0v) is 8.54. The van der Waals surface area contributed by atoms with Crippen LogP contribution >= 0.6 is 12.6 Å². The van der Waals surface area contributed by atoms with E-state index in [1.807, 2.05) is 0 Å². The standard InChI is InChI=1S/C9H14N2OS/c1-7(12)9-10-5-8(6-11-9)3-2-4-13/h5-7,12-13H,2-4H2,1H3. The number of aliphatic hydroxyl groups excluding tert-OH is 1. The average molecular weight is 198 g/mol. The number of rotatable bonds is 4. The van der Waals surface area contributed by atoms with Crippen molar-refractivity contribution in [1.82, 2.24) is 9.97 Å². The molecule has 1 aromatic rings. The average Bonchev–Trinajstić information content (AvgIpc) is 2.15.